The maximum Gasteiger partial charge on any atom is 0.235 e. The second-order valence-corrected chi connectivity index (χ2v) is 2.23. The van der Waals surface area contributed by atoms with E-state index in [-0.39, 0.29) is 5.56 Å². The van der Waals surface area contributed by atoms with Crippen molar-refractivity contribution in [1.82, 2.24) is 0 Å². The summed E-state index contributed by atoms with van der Waals surface area (Å²) >= 11 is 0. The molecule has 0 saturated carbocycles. The molecule has 0 spiro atoms. The third kappa shape index (κ3) is 1.70. The minimum Gasteiger partial charge on any atom is -0.279 e. The molecule has 0 aliphatic heterocycles. The summed E-state index contributed by atoms with van der Waals surface area (Å²) in [4.78, 5) is 10.7. The lowest BCUT2D eigenvalue weighted by atomic mass is 10.1. The van der Waals surface area contributed by atoms with Crippen LogP contribution in [-0.2, 0) is 0 Å². The molecule has 0 aliphatic rings. The van der Waals surface area contributed by atoms with Gasteiger partial charge in [0, 0.05) is 5.56 Å². The number of hydrogen-bond donors (Lipinski definition) is 0. The zero-order valence-electron chi connectivity index (χ0n) is 6.27. The van der Waals surface area contributed by atoms with Gasteiger partial charge in [-0.2, -0.15) is 0 Å². The minimum absolute atomic E-state index is 0.376. The van der Waals surface area contributed by atoms with Crippen molar-refractivity contribution in [3.63, 3.8) is 0 Å². The van der Waals surface area contributed by atoms with Crippen molar-refractivity contribution in [1.29, 1.82) is 0 Å². The van der Waals surface area contributed by atoms with Crippen molar-refractivity contribution in [2.45, 2.75) is 0 Å². The van der Waals surface area contributed by atoms with Gasteiger partial charge in [0.1, 0.15) is 0 Å². The van der Waals surface area contributed by atoms with E-state index in [1.54, 1.807) is 5.92 Å². The molecule has 0 bridgehead atoms. The highest BCUT2D eigenvalue weighted by Gasteiger charge is 2.13. The lowest BCUT2D eigenvalue weighted by Gasteiger charge is -1.97. The van der Waals surface area contributed by atoms with Gasteiger partial charge in [0.2, 0.25) is 5.78 Å². The van der Waals surface area contributed by atoms with E-state index in [0.717, 1.165) is 0 Å². The number of carbonyl (C=O) groups is 1. The summed E-state index contributed by atoms with van der Waals surface area (Å²) in [6.45, 7) is 0. The minimum atomic E-state index is -1.62. The molecule has 0 aliphatic carbocycles. The molecule has 0 radical (unpaired) electrons. The van der Waals surface area contributed by atoms with Crippen LogP contribution in [0, 0.1) is 29.8 Å². The Balaban J connectivity index is 3.30. The van der Waals surface area contributed by atoms with E-state index in [1.807, 2.05) is 0 Å². The molecule has 0 aromatic heterocycles. The van der Waals surface area contributed by atoms with Crippen LogP contribution in [-0.4, -0.2) is 5.78 Å². The van der Waals surface area contributed by atoms with Gasteiger partial charge in [-0.3, -0.25) is 4.79 Å². The Bertz CT molecular complexity index is 381. The lowest BCUT2D eigenvalue weighted by Crippen LogP contribution is -2.00. The van der Waals surface area contributed by atoms with Crippen LogP contribution in [0.3, 0.4) is 0 Å². The molecule has 1 rings (SSSR count). The van der Waals surface area contributed by atoms with E-state index >= 15 is 0 Å². The standard InChI is InChI=1S/C9H3F3O/c1-2-8(13)5-3-6(10)9(12)7(11)4-5/h1,3-4H. The molecule has 4 heteroatoms. The van der Waals surface area contributed by atoms with Crippen LogP contribution in [0.4, 0.5) is 13.2 Å². The maximum absolute atomic E-state index is 12.5. The van der Waals surface area contributed by atoms with E-state index in [0.29, 0.717) is 12.1 Å². The fourth-order valence-corrected chi connectivity index (χ4v) is 0.770. The average molecular weight is 184 g/mol. The zero-order valence-corrected chi connectivity index (χ0v) is 6.27. The van der Waals surface area contributed by atoms with E-state index < -0.39 is 23.2 Å². The topological polar surface area (TPSA) is 17.1 Å². The number of hydrogen-bond acceptors (Lipinski definition) is 1. The van der Waals surface area contributed by atoms with Crippen molar-refractivity contribution in [2.24, 2.45) is 0 Å². The summed E-state index contributed by atoms with van der Waals surface area (Å²) < 4.78 is 37.4. The van der Waals surface area contributed by atoms with Crippen LogP contribution in [0.5, 0.6) is 0 Å². The van der Waals surface area contributed by atoms with E-state index in [2.05, 4.69) is 0 Å². The first kappa shape index (κ1) is 9.33. The van der Waals surface area contributed by atoms with Crippen LogP contribution in [0.25, 0.3) is 0 Å². The summed E-state index contributed by atoms with van der Waals surface area (Å²) in [7, 11) is 0. The highest BCUT2D eigenvalue weighted by atomic mass is 19.2. The fourth-order valence-electron chi connectivity index (χ4n) is 0.770. The molecule has 0 saturated heterocycles. The summed E-state index contributed by atoms with van der Waals surface area (Å²) in [5, 5.41) is 0. The molecule has 1 aromatic rings. The molecule has 0 unspecified atom stereocenters. The highest BCUT2D eigenvalue weighted by molar-refractivity contribution is 6.08. The Morgan fingerprint density at radius 3 is 2.08 bits per heavy atom. The quantitative estimate of drug-likeness (QED) is 0.282. The summed E-state index contributed by atoms with van der Waals surface area (Å²) in [5.41, 5.74) is -0.376. The Hall–Kier alpha value is -1.76. The smallest absolute Gasteiger partial charge is 0.235 e. The number of ketones is 1. The van der Waals surface area contributed by atoms with Gasteiger partial charge in [0.15, 0.2) is 17.5 Å². The molecular weight excluding hydrogens is 181 g/mol. The third-order valence-corrected chi connectivity index (χ3v) is 1.38. The predicted octanol–water partition coefficient (Wildman–Crippen LogP) is 1.92. The predicted molar refractivity (Wildman–Crippen MR) is 39.5 cm³/mol. The third-order valence-electron chi connectivity index (χ3n) is 1.38. The molecule has 0 fully saturated rings. The van der Waals surface area contributed by atoms with Crippen molar-refractivity contribution in [2.75, 3.05) is 0 Å². The average Bonchev–Trinajstić information content (AvgIpc) is 2.12. The Morgan fingerprint density at radius 1 is 1.23 bits per heavy atom. The van der Waals surface area contributed by atoms with E-state index in [9.17, 15) is 18.0 Å². The summed E-state index contributed by atoms with van der Waals surface area (Å²) in [6.07, 6.45) is 4.70. The highest BCUT2D eigenvalue weighted by Crippen LogP contribution is 2.13. The molecule has 66 valence electrons. The van der Waals surface area contributed by atoms with E-state index in [4.69, 9.17) is 6.42 Å². The first-order valence-electron chi connectivity index (χ1n) is 3.21. The summed E-state index contributed by atoms with van der Waals surface area (Å²) in [5.74, 6) is -3.71. The van der Waals surface area contributed by atoms with E-state index in [1.165, 1.54) is 0 Å². The SMILES string of the molecule is C#CC(=O)c1cc(F)c(F)c(F)c1. The van der Waals surface area contributed by atoms with Crippen molar-refractivity contribution in [3.8, 4) is 12.3 Å². The molecule has 13 heavy (non-hydrogen) atoms. The van der Waals surface area contributed by atoms with Gasteiger partial charge in [-0.05, 0) is 18.1 Å². The molecule has 0 heterocycles. The van der Waals surface area contributed by atoms with Crippen LogP contribution in [0.1, 0.15) is 10.4 Å². The van der Waals surface area contributed by atoms with Crippen LogP contribution >= 0.6 is 0 Å². The van der Waals surface area contributed by atoms with Gasteiger partial charge in [0.05, 0.1) is 0 Å². The van der Waals surface area contributed by atoms with Crippen LogP contribution < -0.4 is 0 Å². The second kappa shape index (κ2) is 3.31. The number of rotatable bonds is 1. The molecule has 1 aromatic carbocycles. The molecule has 0 N–H and O–H groups in total. The van der Waals surface area contributed by atoms with Crippen LogP contribution in [0.2, 0.25) is 0 Å². The Morgan fingerprint density at radius 2 is 1.69 bits per heavy atom. The van der Waals surface area contributed by atoms with Crippen LogP contribution in [0.15, 0.2) is 12.1 Å². The van der Waals surface area contributed by atoms with Gasteiger partial charge in [0.25, 0.3) is 0 Å². The van der Waals surface area contributed by atoms with Gasteiger partial charge < -0.3 is 0 Å². The molecular formula is C9H3F3O. The van der Waals surface area contributed by atoms with Crippen molar-refractivity contribution >= 4 is 5.78 Å². The number of terminal acetylenes is 1. The number of halogens is 3. The van der Waals surface area contributed by atoms with Crippen molar-refractivity contribution in [3.05, 3.63) is 35.1 Å². The van der Waals surface area contributed by atoms with Crippen molar-refractivity contribution < 1.29 is 18.0 Å². The second-order valence-electron chi connectivity index (χ2n) is 2.23. The van der Waals surface area contributed by atoms with Gasteiger partial charge >= 0.3 is 0 Å². The Labute approximate surface area is 72.2 Å². The molecule has 0 amide bonds. The first-order valence-corrected chi connectivity index (χ1v) is 3.21. The molecule has 0 atom stereocenters. The van der Waals surface area contributed by atoms with Gasteiger partial charge in [-0.25, -0.2) is 13.2 Å². The maximum atomic E-state index is 12.5. The monoisotopic (exact) mass is 184 g/mol. The number of Topliss-reactive ketones (excluding diaryl/α,β-unsaturated/α-hetero) is 1. The number of carbonyl (C=O) groups excluding carboxylic acids is 1. The summed E-state index contributed by atoms with van der Waals surface area (Å²) in [6, 6.07) is 1.11. The normalized spacial score (nSPS) is 9.38. The van der Waals surface area contributed by atoms with Gasteiger partial charge in [-0.15, -0.1) is 6.42 Å². The zero-order chi connectivity index (χ0) is 10.0. The number of benzene rings is 1. The fraction of sp³-hybridized carbons (Fsp3) is 0. The largest absolute Gasteiger partial charge is 0.279 e. The Kier molecular flexibility index (Phi) is 2.38. The lowest BCUT2D eigenvalue weighted by molar-refractivity contribution is 0.105. The molecule has 1 nitrogen and oxygen atoms in total. The van der Waals surface area contributed by atoms with Gasteiger partial charge in [-0.1, -0.05) is 0 Å². The first-order chi connectivity index (χ1) is 6.06.